The first kappa shape index (κ1) is 16.8. The van der Waals surface area contributed by atoms with E-state index in [1.807, 2.05) is 30.3 Å². The van der Waals surface area contributed by atoms with E-state index in [9.17, 15) is 9.18 Å². The Balaban J connectivity index is 1.60. The lowest BCUT2D eigenvalue weighted by Crippen LogP contribution is -2.25. The Morgan fingerprint density at radius 2 is 1.96 bits per heavy atom. The molecule has 0 fully saturated rings. The number of pyridine rings is 1. The average Bonchev–Trinajstić information content (AvgIpc) is 3.14. The highest BCUT2D eigenvalue weighted by atomic mass is 19.1. The van der Waals surface area contributed by atoms with Gasteiger partial charge in [-0.2, -0.15) is 4.68 Å². The summed E-state index contributed by atoms with van der Waals surface area (Å²) < 4.78 is 15.0. The quantitative estimate of drug-likeness (QED) is 0.603. The molecule has 0 aliphatic heterocycles. The summed E-state index contributed by atoms with van der Waals surface area (Å²) in [6.07, 6.45) is 0. The summed E-state index contributed by atoms with van der Waals surface area (Å²) in [4.78, 5) is 17.0. The van der Waals surface area contributed by atoms with E-state index in [1.165, 1.54) is 12.1 Å². The van der Waals surface area contributed by atoms with E-state index in [-0.39, 0.29) is 12.5 Å². The van der Waals surface area contributed by atoms with Crippen LogP contribution >= 0.6 is 0 Å². The van der Waals surface area contributed by atoms with Crippen LogP contribution in [0.1, 0.15) is 21.9 Å². The Morgan fingerprint density at radius 3 is 2.78 bits per heavy atom. The monoisotopic (exact) mass is 362 g/mol. The van der Waals surface area contributed by atoms with Crippen molar-refractivity contribution in [3.05, 3.63) is 77.5 Å². The van der Waals surface area contributed by atoms with Crippen molar-refractivity contribution in [2.45, 2.75) is 13.5 Å². The predicted octanol–water partition coefficient (Wildman–Crippen LogP) is 2.59. The Labute approximate surface area is 153 Å². The van der Waals surface area contributed by atoms with E-state index in [0.717, 1.165) is 5.69 Å². The van der Waals surface area contributed by atoms with Crippen molar-refractivity contribution in [2.24, 2.45) is 0 Å². The van der Waals surface area contributed by atoms with Crippen LogP contribution in [-0.2, 0) is 6.54 Å². The first-order valence-electron chi connectivity index (χ1n) is 8.29. The van der Waals surface area contributed by atoms with Gasteiger partial charge in [0.1, 0.15) is 5.82 Å². The predicted molar refractivity (Wildman–Crippen MR) is 96.8 cm³/mol. The van der Waals surface area contributed by atoms with Crippen LogP contribution in [0.3, 0.4) is 0 Å². The van der Waals surface area contributed by atoms with Gasteiger partial charge in [-0.3, -0.25) is 9.78 Å². The second-order valence-electron chi connectivity index (χ2n) is 6.00. The maximum atomic E-state index is 13.5. The molecule has 0 aliphatic carbocycles. The molecule has 2 heterocycles. The molecule has 0 spiro atoms. The minimum absolute atomic E-state index is 0.144. The second-order valence-corrected chi connectivity index (χ2v) is 6.00. The Hall–Kier alpha value is -3.68. The standard InChI is InChI=1S/C19H15FN6O/c1-12-9-16(15-8-7-13(20)10-17(15)22-12)19(27)21-11-18-23-24-25-26(18)14-5-3-2-4-6-14/h2-10H,11H2,1H3,(H,21,27). The smallest absolute Gasteiger partial charge is 0.252 e. The number of tetrazole rings is 1. The molecule has 27 heavy (non-hydrogen) atoms. The lowest BCUT2D eigenvalue weighted by Gasteiger charge is -2.09. The Kier molecular flexibility index (Phi) is 4.29. The van der Waals surface area contributed by atoms with Crippen LogP contribution in [0.15, 0.2) is 54.6 Å². The van der Waals surface area contributed by atoms with Gasteiger partial charge in [-0.05, 0) is 47.7 Å². The number of nitrogens with zero attached hydrogens (tertiary/aromatic N) is 5. The summed E-state index contributed by atoms with van der Waals surface area (Å²) in [5.74, 6) is -0.204. The first-order chi connectivity index (χ1) is 13.1. The molecule has 4 rings (SSSR count). The summed E-state index contributed by atoms with van der Waals surface area (Å²) in [7, 11) is 0. The summed E-state index contributed by atoms with van der Waals surface area (Å²) in [5, 5.41) is 15.0. The minimum atomic E-state index is -0.394. The Bertz CT molecular complexity index is 1120. The van der Waals surface area contributed by atoms with Crippen molar-refractivity contribution in [2.75, 3.05) is 0 Å². The van der Waals surface area contributed by atoms with Crippen molar-refractivity contribution in [3.8, 4) is 5.69 Å². The number of para-hydroxylation sites is 1. The highest BCUT2D eigenvalue weighted by Gasteiger charge is 2.15. The second kappa shape index (κ2) is 6.91. The van der Waals surface area contributed by atoms with Crippen LogP contribution in [0.2, 0.25) is 0 Å². The zero-order valence-corrected chi connectivity index (χ0v) is 14.4. The van der Waals surface area contributed by atoms with Crippen LogP contribution in [-0.4, -0.2) is 31.1 Å². The van der Waals surface area contributed by atoms with Crippen LogP contribution in [0.5, 0.6) is 0 Å². The van der Waals surface area contributed by atoms with E-state index in [2.05, 4.69) is 25.8 Å². The lowest BCUT2D eigenvalue weighted by molar-refractivity contribution is 0.0951. The normalized spacial score (nSPS) is 10.9. The molecule has 134 valence electrons. The summed E-state index contributed by atoms with van der Waals surface area (Å²) in [6, 6.07) is 15.3. The molecule has 0 saturated heterocycles. The molecule has 0 aliphatic rings. The molecule has 2 aromatic heterocycles. The molecule has 7 nitrogen and oxygen atoms in total. The fourth-order valence-corrected chi connectivity index (χ4v) is 2.86. The Morgan fingerprint density at radius 1 is 1.15 bits per heavy atom. The first-order valence-corrected chi connectivity index (χ1v) is 8.29. The molecular formula is C19H15FN6O. The SMILES string of the molecule is Cc1cc(C(=O)NCc2nnnn2-c2ccccc2)c2ccc(F)cc2n1. The van der Waals surface area contributed by atoms with Crippen molar-refractivity contribution < 1.29 is 9.18 Å². The number of rotatable bonds is 4. The van der Waals surface area contributed by atoms with Gasteiger partial charge >= 0.3 is 0 Å². The third-order valence-electron chi connectivity index (χ3n) is 4.09. The molecule has 1 N–H and O–H groups in total. The minimum Gasteiger partial charge on any atom is -0.345 e. The van der Waals surface area contributed by atoms with E-state index in [0.29, 0.717) is 28.0 Å². The third kappa shape index (κ3) is 3.37. The number of benzene rings is 2. The lowest BCUT2D eigenvalue weighted by atomic mass is 10.1. The van der Waals surface area contributed by atoms with Gasteiger partial charge in [0.2, 0.25) is 0 Å². The van der Waals surface area contributed by atoms with Gasteiger partial charge in [0.15, 0.2) is 5.82 Å². The van der Waals surface area contributed by atoms with E-state index < -0.39 is 5.82 Å². The van der Waals surface area contributed by atoms with E-state index in [1.54, 1.807) is 23.7 Å². The number of hydrogen-bond acceptors (Lipinski definition) is 5. The molecule has 4 aromatic rings. The van der Waals surface area contributed by atoms with Crippen LogP contribution in [0.4, 0.5) is 4.39 Å². The van der Waals surface area contributed by atoms with E-state index in [4.69, 9.17) is 0 Å². The topological polar surface area (TPSA) is 85.6 Å². The van der Waals surface area contributed by atoms with Crippen LogP contribution in [0, 0.1) is 12.7 Å². The van der Waals surface area contributed by atoms with Gasteiger partial charge in [0.25, 0.3) is 5.91 Å². The van der Waals surface area contributed by atoms with Crippen molar-refractivity contribution in [1.29, 1.82) is 0 Å². The molecule has 2 aromatic carbocycles. The number of aryl methyl sites for hydroxylation is 1. The molecule has 0 bridgehead atoms. The molecule has 0 unspecified atom stereocenters. The van der Waals surface area contributed by atoms with Crippen LogP contribution < -0.4 is 5.32 Å². The number of nitrogens with one attached hydrogen (secondary N) is 1. The van der Waals surface area contributed by atoms with Crippen LogP contribution in [0.25, 0.3) is 16.6 Å². The van der Waals surface area contributed by atoms with Gasteiger partial charge in [-0.1, -0.05) is 18.2 Å². The molecular weight excluding hydrogens is 347 g/mol. The molecule has 0 saturated carbocycles. The number of aromatic nitrogens is 5. The molecule has 0 radical (unpaired) electrons. The maximum absolute atomic E-state index is 13.5. The molecule has 0 atom stereocenters. The highest BCUT2D eigenvalue weighted by Crippen LogP contribution is 2.19. The van der Waals surface area contributed by atoms with Gasteiger partial charge in [-0.25, -0.2) is 4.39 Å². The molecule has 1 amide bonds. The fourth-order valence-electron chi connectivity index (χ4n) is 2.86. The van der Waals surface area contributed by atoms with Gasteiger partial charge in [0, 0.05) is 17.1 Å². The number of halogens is 1. The summed E-state index contributed by atoms with van der Waals surface area (Å²) >= 11 is 0. The summed E-state index contributed by atoms with van der Waals surface area (Å²) in [6.45, 7) is 1.90. The third-order valence-corrected chi connectivity index (χ3v) is 4.09. The zero-order chi connectivity index (χ0) is 18.8. The van der Waals surface area contributed by atoms with Crippen molar-refractivity contribution in [3.63, 3.8) is 0 Å². The number of carbonyl (C=O) groups excluding carboxylic acids is 1. The number of carbonyl (C=O) groups is 1. The van der Waals surface area contributed by atoms with Gasteiger partial charge in [-0.15, -0.1) is 5.10 Å². The maximum Gasteiger partial charge on any atom is 0.252 e. The highest BCUT2D eigenvalue weighted by molar-refractivity contribution is 6.06. The van der Waals surface area contributed by atoms with Gasteiger partial charge in [0.05, 0.1) is 23.3 Å². The van der Waals surface area contributed by atoms with Gasteiger partial charge < -0.3 is 5.32 Å². The molecule has 8 heteroatoms. The number of fused-ring (bicyclic) bond motifs is 1. The fraction of sp³-hybridized carbons (Fsp3) is 0.105. The largest absolute Gasteiger partial charge is 0.345 e. The van der Waals surface area contributed by atoms with E-state index >= 15 is 0 Å². The van der Waals surface area contributed by atoms with Crippen molar-refractivity contribution in [1.82, 2.24) is 30.5 Å². The zero-order valence-electron chi connectivity index (χ0n) is 14.4. The summed E-state index contributed by atoms with van der Waals surface area (Å²) in [5.41, 5.74) is 2.30. The number of hydrogen-bond donors (Lipinski definition) is 1. The van der Waals surface area contributed by atoms with Crippen molar-refractivity contribution >= 4 is 16.8 Å². The number of amides is 1. The average molecular weight is 362 g/mol.